The summed E-state index contributed by atoms with van der Waals surface area (Å²) in [4.78, 5) is 28.0. The average molecular weight is 390 g/mol. The summed E-state index contributed by atoms with van der Waals surface area (Å²) in [7, 11) is 3.89. The minimum absolute atomic E-state index is 0.0291. The normalized spacial score (nSPS) is 11.7. The number of anilines is 1. The summed E-state index contributed by atoms with van der Waals surface area (Å²) < 4.78 is 0. The van der Waals surface area contributed by atoms with Crippen LogP contribution in [0.1, 0.15) is 37.1 Å². The van der Waals surface area contributed by atoms with E-state index in [1.807, 2.05) is 62.3 Å². The highest BCUT2D eigenvalue weighted by Crippen LogP contribution is 2.24. The van der Waals surface area contributed by atoms with E-state index in [4.69, 9.17) is 4.98 Å². The highest BCUT2D eigenvalue weighted by atomic mass is 16.1. The van der Waals surface area contributed by atoms with E-state index in [0.29, 0.717) is 18.7 Å². The van der Waals surface area contributed by atoms with Crippen LogP contribution in [0.5, 0.6) is 0 Å². The Hall–Kier alpha value is -3.28. The van der Waals surface area contributed by atoms with Crippen LogP contribution in [-0.2, 0) is 11.2 Å². The van der Waals surface area contributed by atoms with Crippen LogP contribution in [0.2, 0.25) is 0 Å². The van der Waals surface area contributed by atoms with Crippen LogP contribution < -0.4 is 10.2 Å². The van der Waals surface area contributed by atoms with Crippen molar-refractivity contribution in [3.05, 3.63) is 72.2 Å². The Morgan fingerprint density at radius 1 is 1.10 bits per heavy atom. The molecule has 6 heteroatoms. The number of hydrogen-bond donors (Lipinski definition) is 1. The smallest absolute Gasteiger partial charge is 0.220 e. The molecule has 150 valence electrons. The number of nitrogens with zero attached hydrogens (tertiary/aromatic N) is 4. The first-order valence-corrected chi connectivity index (χ1v) is 9.86. The van der Waals surface area contributed by atoms with Gasteiger partial charge in [-0.3, -0.25) is 9.78 Å². The molecule has 0 aliphatic heterocycles. The van der Waals surface area contributed by atoms with Crippen LogP contribution in [0.4, 0.5) is 5.82 Å². The molecule has 3 rings (SSSR count). The molecule has 0 radical (unpaired) electrons. The maximum atomic E-state index is 12.4. The zero-order valence-electron chi connectivity index (χ0n) is 17.2. The third-order valence-electron chi connectivity index (χ3n) is 4.56. The number of nitrogens with one attached hydrogen (secondary N) is 1. The van der Waals surface area contributed by atoms with E-state index in [-0.39, 0.29) is 11.9 Å². The van der Waals surface area contributed by atoms with Gasteiger partial charge in [0.15, 0.2) is 5.82 Å². The Bertz CT molecular complexity index is 929. The van der Waals surface area contributed by atoms with Gasteiger partial charge in [0.1, 0.15) is 5.82 Å². The van der Waals surface area contributed by atoms with Crippen molar-refractivity contribution in [1.82, 2.24) is 20.3 Å². The lowest BCUT2D eigenvalue weighted by Gasteiger charge is -2.21. The predicted molar refractivity (Wildman–Crippen MR) is 116 cm³/mol. The van der Waals surface area contributed by atoms with Gasteiger partial charge in [-0.25, -0.2) is 9.97 Å². The molecular formula is C23H27N5O. The third-order valence-corrected chi connectivity index (χ3v) is 4.56. The average Bonchev–Trinajstić information content (AvgIpc) is 2.74. The zero-order chi connectivity index (χ0) is 20.6. The van der Waals surface area contributed by atoms with E-state index in [0.717, 1.165) is 29.1 Å². The van der Waals surface area contributed by atoms with E-state index in [2.05, 4.69) is 27.4 Å². The molecule has 0 saturated carbocycles. The molecule has 0 spiro atoms. The van der Waals surface area contributed by atoms with Crippen molar-refractivity contribution in [3.8, 4) is 11.4 Å². The molecule has 0 aliphatic carbocycles. The highest BCUT2D eigenvalue weighted by molar-refractivity contribution is 5.76. The minimum atomic E-state index is -0.242. The number of carbonyl (C=O) groups excluding carboxylic acids is 1. The lowest BCUT2D eigenvalue weighted by atomic mass is 10.0. The first-order chi connectivity index (χ1) is 14.1. The van der Waals surface area contributed by atoms with Gasteiger partial charge < -0.3 is 10.2 Å². The second kappa shape index (κ2) is 9.78. The molecule has 3 aromatic rings. The Labute approximate surface area is 172 Å². The predicted octanol–water partition coefficient (Wildman–Crippen LogP) is 3.80. The summed E-state index contributed by atoms with van der Waals surface area (Å²) in [5.74, 6) is 1.42. The SMILES string of the molecule is CCCC(=O)N[C@H](Cc1ccccc1)c1cc(N(C)C)nc(-c2cccnc2)n1. The number of rotatable bonds is 8. The first-order valence-electron chi connectivity index (χ1n) is 9.86. The summed E-state index contributed by atoms with van der Waals surface area (Å²) in [5, 5.41) is 3.16. The third kappa shape index (κ3) is 5.60. The lowest BCUT2D eigenvalue weighted by molar-refractivity contribution is -0.121. The monoisotopic (exact) mass is 389 g/mol. The number of aromatic nitrogens is 3. The van der Waals surface area contributed by atoms with Gasteiger partial charge in [0.05, 0.1) is 11.7 Å². The molecule has 0 fully saturated rings. The van der Waals surface area contributed by atoms with Gasteiger partial charge >= 0.3 is 0 Å². The summed E-state index contributed by atoms with van der Waals surface area (Å²) in [5.41, 5.74) is 2.77. The van der Waals surface area contributed by atoms with Gasteiger partial charge in [-0.1, -0.05) is 37.3 Å². The largest absolute Gasteiger partial charge is 0.363 e. The van der Waals surface area contributed by atoms with Gasteiger partial charge in [-0.15, -0.1) is 0 Å². The van der Waals surface area contributed by atoms with E-state index < -0.39 is 0 Å². The summed E-state index contributed by atoms with van der Waals surface area (Å²) in [6.07, 6.45) is 5.43. The minimum Gasteiger partial charge on any atom is -0.363 e. The van der Waals surface area contributed by atoms with Crippen molar-refractivity contribution in [3.63, 3.8) is 0 Å². The van der Waals surface area contributed by atoms with Crippen LogP contribution in [0.25, 0.3) is 11.4 Å². The maximum absolute atomic E-state index is 12.4. The van der Waals surface area contributed by atoms with Gasteiger partial charge in [-0.2, -0.15) is 0 Å². The molecule has 1 amide bonds. The molecule has 2 aromatic heterocycles. The van der Waals surface area contributed by atoms with Gasteiger partial charge in [0.25, 0.3) is 0 Å². The molecule has 0 aliphatic rings. The van der Waals surface area contributed by atoms with Crippen LogP contribution in [0.15, 0.2) is 60.9 Å². The van der Waals surface area contributed by atoms with Crippen molar-refractivity contribution in [2.75, 3.05) is 19.0 Å². The summed E-state index contributed by atoms with van der Waals surface area (Å²) >= 11 is 0. The van der Waals surface area contributed by atoms with Crippen molar-refractivity contribution >= 4 is 11.7 Å². The second-order valence-electron chi connectivity index (χ2n) is 7.17. The van der Waals surface area contributed by atoms with E-state index in [1.54, 1.807) is 12.4 Å². The molecule has 0 saturated heterocycles. The molecule has 6 nitrogen and oxygen atoms in total. The lowest BCUT2D eigenvalue weighted by Crippen LogP contribution is -2.30. The summed E-state index contributed by atoms with van der Waals surface area (Å²) in [6.45, 7) is 2.00. The van der Waals surface area contributed by atoms with E-state index >= 15 is 0 Å². The molecule has 29 heavy (non-hydrogen) atoms. The fourth-order valence-corrected chi connectivity index (χ4v) is 3.06. The van der Waals surface area contributed by atoms with Crippen molar-refractivity contribution in [1.29, 1.82) is 0 Å². The van der Waals surface area contributed by atoms with E-state index in [1.165, 1.54) is 0 Å². The van der Waals surface area contributed by atoms with Gasteiger partial charge in [0.2, 0.25) is 5.91 Å². The maximum Gasteiger partial charge on any atom is 0.220 e. The Morgan fingerprint density at radius 3 is 2.55 bits per heavy atom. The van der Waals surface area contributed by atoms with Gasteiger partial charge in [0, 0.05) is 44.5 Å². The van der Waals surface area contributed by atoms with Crippen LogP contribution >= 0.6 is 0 Å². The molecular weight excluding hydrogens is 362 g/mol. The van der Waals surface area contributed by atoms with Crippen molar-refractivity contribution < 1.29 is 4.79 Å². The Morgan fingerprint density at radius 2 is 1.90 bits per heavy atom. The zero-order valence-corrected chi connectivity index (χ0v) is 17.2. The first kappa shape index (κ1) is 20.5. The topological polar surface area (TPSA) is 71.0 Å². The standard InChI is InChI=1S/C23H27N5O/c1-4-9-22(29)25-19(14-17-10-6-5-7-11-17)20-15-21(28(2)3)27-23(26-20)18-12-8-13-24-16-18/h5-8,10-13,15-16,19H,4,9,14H2,1-3H3,(H,25,29)/t19-/m1/s1. The molecule has 0 unspecified atom stereocenters. The molecule has 0 bridgehead atoms. The fraction of sp³-hybridized carbons (Fsp3) is 0.304. The second-order valence-corrected chi connectivity index (χ2v) is 7.17. The van der Waals surface area contributed by atoms with E-state index in [9.17, 15) is 4.79 Å². The molecule has 1 atom stereocenters. The Kier molecular flexibility index (Phi) is 6.89. The summed E-state index contributed by atoms with van der Waals surface area (Å²) in [6, 6.07) is 15.6. The number of hydrogen-bond acceptors (Lipinski definition) is 5. The Balaban J connectivity index is 2.02. The van der Waals surface area contributed by atoms with Gasteiger partial charge in [-0.05, 0) is 30.5 Å². The van der Waals surface area contributed by atoms with Crippen LogP contribution in [0, 0.1) is 0 Å². The highest BCUT2D eigenvalue weighted by Gasteiger charge is 2.19. The number of pyridine rings is 1. The molecule has 2 heterocycles. The number of amides is 1. The van der Waals surface area contributed by atoms with Crippen LogP contribution in [-0.4, -0.2) is 35.0 Å². The molecule has 1 N–H and O–H groups in total. The molecule has 1 aromatic carbocycles. The fourth-order valence-electron chi connectivity index (χ4n) is 3.06. The van der Waals surface area contributed by atoms with Crippen molar-refractivity contribution in [2.24, 2.45) is 0 Å². The number of carbonyl (C=O) groups is 1. The van der Waals surface area contributed by atoms with Crippen molar-refractivity contribution in [2.45, 2.75) is 32.2 Å². The number of benzene rings is 1. The van der Waals surface area contributed by atoms with Crippen LogP contribution in [0.3, 0.4) is 0 Å². The quantitative estimate of drug-likeness (QED) is 0.634.